The number of fused-ring (bicyclic) bond motifs is 1. The number of alkyl halides is 3. The standard InChI is InChI=1S/C28H23F3IN3O5/c1-3-38-23-13-17(12-21(32)25(23)40-16-24(36)39-4-2)15-33-35-26(18-8-7-9-19(14-18)28(29,30)31)34-22-11-6-5-10-20(22)27(35)37/h5-15H,3-4,16H2,1-2H3. The van der Waals surface area contributed by atoms with Crippen LogP contribution in [0, 0.1) is 3.57 Å². The van der Waals surface area contributed by atoms with Gasteiger partial charge in [-0.1, -0.05) is 24.3 Å². The van der Waals surface area contributed by atoms with Crippen molar-refractivity contribution < 1.29 is 32.2 Å². The zero-order valence-electron chi connectivity index (χ0n) is 21.4. The van der Waals surface area contributed by atoms with E-state index in [2.05, 4.69) is 10.1 Å². The number of carbonyl (C=O) groups is 1. The van der Waals surface area contributed by atoms with Gasteiger partial charge in [-0.3, -0.25) is 4.79 Å². The summed E-state index contributed by atoms with van der Waals surface area (Å²) in [5.41, 5.74) is -0.531. The molecule has 0 saturated carbocycles. The second-order valence-corrected chi connectivity index (χ2v) is 9.41. The molecular formula is C28H23F3IN3O5. The third-order valence-electron chi connectivity index (χ3n) is 5.50. The summed E-state index contributed by atoms with van der Waals surface area (Å²) in [7, 11) is 0. The van der Waals surface area contributed by atoms with Crippen LogP contribution in [0.3, 0.4) is 0 Å². The summed E-state index contributed by atoms with van der Waals surface area (Å²) in [6.07, 6.45) is -3.21. The van der Waals surface area contributed by atoms with Crippen LogP contribution in [0.15, 0.2) is 70.6 Å². The van der Waals surface area contributed by atoms with E-state index in [9.17, 15) is 22.8 Å². The molecule has 0 aliphatic rings. The predicted octanol–water partition coefficient (Wildman–Crippen LogP) is 5.91. The highest BCUT2D eigenvalue weighted by Gasteiger charge is 2.31. The number of hydrogen-bond acceptors (Lipinski definition) is 7. The van der Waals surface area contributed by atoms with Gasteiger partial charge in [-0.15, -0.1) is 0 Å². The molecule has 0 fully saturated rings. The molecule has 8 nitrogen and oxygen atoms in total. The van der Waals surface area contributed by atoms with Crippen molar-refractivity contribution in [3.05, 3.63) is 85.7 Å². The van der Waals surface area contributed by atoms with Crippen molar-refractivity contribution in [1.82, 2.24) is 9.66 Å². The topological polar surface area (TPSA) is 92.0 Å². The molecule has 4 rings (SSSR count). The van der Waals surface area contributed by atoms with Crippen LogP contribution >= 0.6 is 22.6 Å². The van der Waals surface area contributed by atoms with Gasteiger partial charge in [0.25, 0.3) is 5.56 Å². The Morgan fingerprint density at radius 2 is 1.82 bits per heavy atom. The molecule has 208 valence electrons. The van der Waals surface area contributed by atoms with Gasteiger partial charge in [0.2, 0.25) is 0 Å². The zero-order chi connectivity index (χ0) is 28.9. The van der Waals surface area contributed by atoms with Crippen molar-refractivity contribution in [3.8, 4) is 22.9 Å². The molecule has 0 amide bonds. The van der Waals surface area contributed by atoms with Crippen LogP contribution in [0.1, 0.15) is 25.0 Å². The summed E-state index contributed by atoms with van der Waals surface area (Å²) in [6.45, 7) is 3.69. The number of esters is 1. The Bertz CT molecular complexity index is 1640. The summed E-state index contributed by atoms with van der Waals surface area (Å²) in [5.74, 6) is 0.0842. The van der Waals surface area contributed by atoms with Gasteiger partial charge in [0.15, 0.2) is 23.9 Å². The molecule has 12 heteroatoms. The first-order chi connectivity index (χ1) is 19.1. The second kappa shape index (κ2) is 12.5. The molecule has 4 aromatic rings. The van der Waals surface area contributed by atoms with Gasteiger partial charge in [0, 0.05) is 5.56 Å². The monoisotopic (exact) mass is 665 g/mol. The number of halogens is 4. The van der Waals surface area contributed by atoms with Crippen molar-refractivity contribution in [2.24, 2.45) is 5.10 Å². The molecule has 0 aliphatic carbocycles. The van der Waals surface area contributed by atoms with E-state index >= 15 is 0 Å². The van der Waals surface area contributed by atoms with E-state index in [1.165, 1.54) is 18.3 Å². The summed E-state index contributed by atoms with van der Waals surface area (Å²) < 4.78 is 58.1. The van der Waals surface area contributed by atoms with E-state index in [1.54, 1.807) is 50.2 Å². The molecule has 0 unspecified atom stereocenters. The molecule has 3 aromatic carbocycles. The fourth-order valence-corrected chi connectivity index (χ4v) is 4.56. The second-order valence-electron chi connectivity index (χ2n) is 8.25. The normalized spacial score (nSPS) is 11.7. The first kappa shape index (κ1) is 29.1. The number of rotatable bonds is 9. The molecule has 1 heterocycles. The lowest BCUT2D eigenvalue weighted by atomic mass is 10.1. The summed E-state index contributed by atoms with van der Waals surface area (Å²) >= 11 is 2.01. The van der Waals surface area contributed by atoms with Gasteiger partial charge in [0.1, 0.15) is 0 Å². The maximum absolute atomic E-state index is 13.4. The minimum Gasteiger partial charge on any atom is -0.490 e. The number of aromatic nitrogens is 2. The van der Waals surface area contributed by atoms with Crippen molar-refractivity contribution >= 4 is 45.7 Å². The predicted molar refractivity (Wildman–Crippen MR) is 152 cm³/mol. The third kappa shape index (κ3) is 6.61. The van der Waals surface area contributed by atoms with Gasteiger partial charge in [-0.25, -0.2) is 9.78 Å². The van der Waals surface area contributed by atoms with Crippen LogP contribution in [-0.4, -0.2) is 41.7 Å². The maximum atomic E-state index is 13.4. The molecule has 1 aromatic heterocycles. The minimum absolute atomic E-state index is 0.0554. The van der Waals surface area contributed by atoms with Gasteiger partial charge in [0.05, 0.1) is 39.5 Å². The lowest BCUT2D eigenvalue weighted by molar-refractivity contribution is -0.145. The first-order valence-corrected chi connectivity index (χ1v) is 13.2. The lowest BCUT2D eigenvalue weighted by Gasteiger charge is -2.14. The Morgan fingerprint density at radius 1 is 1.05 bits per heavy atom. The van der Waals surface area contributed by atoms with Gasteiger partial charge in [-0.2, -0.15) is 22.9 Å². The van der Waals surface area contributed by atoms with Gasteiger partial charge in [-0.05, 0) is 78.4 Å². The Hall–Kier alpha value is -3.94. The Morgan fingerprint density at radius 3 is 2.55 bits per heavy atom. The maximum Gasteiger partial charge on any atom is 0.416 e. The summed E-state index contributed by atoms with van der Waals surface area (Å²) in [4.78, 5) is 29.6. The molecule has 0 saturated heterocycles. The van der Waals surface area contributed by atoms with E-state index < -0.39 is 23.3 Å². The van der Waals surface area contributed by atoms with Crippen LogP contribution in [0.2, 0.25) is 0 Å². The Labute approximate surface area is 240 Å². The number of hydrogen-bond donors (Lipinski definition) is 0. The van der Waals surface area contributed by atoms with E-state index in [1.807, 2.05) is 22.6 Å². The molecule has 0 N–H and O–H groups in total. The van der Waals surface area contributed by atoms with Crippen LogP contribution in [0.25, 0.3) is 22.3 Å². The summed E-state index contributed by atoms with van der Waals surface area (Å²) in [5, 5.41) is 4.58. The average Bonchev–Trinajstić information content (AvgIpc) is 2.92. The number of ether oxygens (including phenoxy) is 3. The number of carbonyl (C=O) groups excluding carboxylic acids is 1. The number of para-hydroxylation sites is 1. The van der Waals surface area contributed by atoms with Crippen molar-refractivity contribution in [3.63, 3.8) is 0 Å². The van der Waals surface area contributed by atoms with E-state index in [0.29, 0.717) is 32.8 Å². The average molecular weight is 665 g/mol. The van der Waals surface area contributed by atoms with Crippen molar-refractivity contribution in [1.29, 1.82) is 0 Å². The fraction of sp³-hybridized carbons (Fsp3) is 0.214. The highest BCUT2D eigenvalue weighted by molar-refractivity contribution is 14.1. The van der Waals surface area contributed by atoms with Crippen molar-refractivity contribution in [2.45, 2.75) is 20.0 Å². The molecule has 40 heavy (non-hydrogen) atoms. The van der Waals surface area contributed by atoms with Crippen LogP contribution < -0.4 is 15.0 Å². The molecule has 0 bridgehead atoms. The molecule has 0 spiro atoms. The zero-order valence-corrected chi connectivity index (χ0v) is 23.5. The highest BCUT2D eigenvalue weighted by atomic mass is 127. The SMILES string of the molecule is CCOC(=O)COc1c(I)cc(C=Nn2c(-c3cccc(C(F)(F)F)c3)nc3ccccc3c2=O)cc1OCC. The largest absolute Gasteiger partial charge is 0.490 e. The number of benzene rings is 3. The molecular weight excluding hydrogens is 642 g/mol. The fourth-order valence-electron chi connectivity index (χ4n) is 3.78. The van der Waals surface area contributed by atoms with Crippen LogP contribution in [-0.2, 0) is 15.7 Å². The lowest BCUT2D eigenvalue weighted by Crippen LogP contribution is -2.20. The van der Waals surface area contributed by atoms with Gasteiger partial charge >= 0.3 is 12.1 Å². The smallest absolute Gasteiger partial charge is 0.416 e. The van der Waals surface area contributed by atoms with Gasteiger partial charge < -0.3 is 14.2 Å². The Balaban J connectivity index is 1.80. The first-order valence-electron chi connectivity index (χ1n) is 12.1. The van der Waals surface area contributed by atoms with Crippen molar-refractivity contribution in [2.75, 3.05) is 19.8 Å². The molecule has 0 radical (unpaired) electrons. The Kier molecular flexibility index (Phi) is 9.07. The quantitative estimate of drug-likeness (QED) is 0.126. The van der Waals surface area contributed by atoms with Crippen LogP contribution in [0.5, 0.6) is 11.5 Å². The van der Waals surface area contributed by atoms with E-state index in [0.717, 1.165) is 16.8 Å². The number of nitrogens with zero attached hydrogens (tertiary/aromatic N) is 3. The van der Waals surface area contributed by atoms with E-state index in [-0.39, 0.29) is 30.0 Å². The van der Waals surface area contributed by atoms with Crippen LogP contribution in [0.4, 0.5) is 13.2 Å². The molecule has 0 aliphatic heterocycles. The summed E-state index contributed by atoms with van der Waals surface area (Å²) in [6, 6.07) is 14.4. The molecule has 0 atom stereocenters. The highest BCUT2D eigenvalue weighted by Crippen LogP contribution is 2.34. The van der Waals surface area contributed by atoms with E-state index in [4.69, 9.17) is 14.2 Å². The minimum atomic E-state index is -4.58. The third-order valence-corrected chi connectivity index (χ3v) is 6.30.